The van der Waals surface area contributed by atoms with E-state index >= 15 is 0 Å². The molecule has 1 aromatic heterocycles. The number of carboxylic acids is 1. The van der Waals surface area contributed by atoms with Crippen LogP contribution >= 0.6 is 0 Å². The summed E-state index contributed by atoms with van der Waals surface area (Å²) in [4.78, 5) is 39.0. The molecule has 2 aliphatic rings. The molecule has 1 amide bonds. The number of nitrogens with two attached hydrogens (primary N) is 1. The third kappa shape index (κ3) is 9.21. The number of carboxylic acid groups (broad SMARTS) is 1. The van der Waals surface area contributed by atoms with Crippen molar-refractivity contribution in [3.05, 3.63) is 128 Å². The van der Waals surface area contributed by atoms with Gasteiger partial charge in [0.05, 0.1) is 25.7 Å². The van der Waals surface area contributed by atoms with E-state index in [-0.39, 0.29) is 23.9 Å². The number of hydrogen-bond donors (Lipinski definition) is 3. The summed E-state index contributed by atoms with van der Waals surface area (Å²) in [5.74, 6) is 0.467. The molecule has 264 valence electrons. The summed E-state index contributed by atoms with van der Waals surface area (Å²) < 4.78 is 12.5. The number of aliphatic carboxylic acids is 1. The second-order valence-electron chi connectivity index (χ2n) is 13.2. The van der Waals surface area contributed by atoms with Gasteiger partial charge >= 0.3 is 5.97 Å². The van der Waals surface area contributed by atoms with Gasteiger partial charge in [-0.2, -0.15) is 0 Å². The Morgan fingerprint density at radius 3 is 2.18 bits per heavy atom. The molecule has 3 atom stereocenters. The fourth-order valence-electron chi connectivity index (χ4n) is 6.58. The largest absolute Gasteiger partial charge is 0.493 e. The van der Waals surface area contributed by atoms with Gasteiger partial charge < -0.3 is 30.2 Å². The summed E-state index contributed by atoms with van der Waals surface area (Å²) in [6.07, 6.45) is 6.81. The van der Waals surface area contributed by atoms with Crippen molar-refractivity contribution in [2.75, 3.05) is 13.2 Å². The van der Waals surface area contributed by atoms with Crippen LogP contribution in [0, 0.1) is 6.92 Å². The summed E-state index contributed by atoms with van der Waals surface area (Å²) in [7, 11) is 0. The number of aryl methyl sites for hydroxylation is 1. The van der Waals surface area contributed by atoms with Crippen LogP contribution in [0.4, 0.5) is 0 Å². The van der Waals surface area contributed by atoms with Gasteiger partial charge in [0.2, 0.25) is 5.91 Å². The molecule has 0 saturated carbocycles. The molecule has 3 unspecified atom stereocenters. The Bertz CT molecular complexity index is 1840. The lowest BCUT2D eigenvalue weighted by molar-refractivity contribution is -0.138. The van der Waals surface area contributed by atoms with Crippen molar-refractivity contribution in [1.82, 2.24) is 9.88 Å². The van der Waals surface area contributed by atoms with Gasteiger partial charge in [0, 0.05) is 37.1 Å². The molecule has 0 radical (unpaired) electrons. The first-order valence-corrected chi connectivity index (χ1v) is 17.7. The van der Waals surface area contributed by atoms with E-state index in [4.69, 9.17) is 15.2 Å². The van der Waals surface area contributed by atoms with Crippen LogP contribution in [-0.4, -0.2) is 34.8 Å². The second kappa shape index (κ2) is 17.2. The molecule has 0 spiro atoms. The van der Waals surface area contributed by atoms with E-state index in [1.54, 1.807) is 12.3 Å². The zero-order valence-corrected chi connectivity index (χ0v) is 29.3. The number of benzene rings is 3. The number of pyridine rings is 1. The van der Waals surface area contributed by atoms with Crippen molar-refractivity contribution in [3.8, 4) is 11.5 Å². The van der Waals surface area contributed by atoms with Crippen LogP contribution in [0.3, 0.4) is 0 Å². The minimum Gasteiger partial charge on any atom is -0.493 e. The SMILES string of the molecule is CCC(N)c1ccc2c(c1)CCO2.CCCCC(C(=O)NC(CC(=O)O)c1ccc2c(c1)CCO2)n1cc(C)cc(Cc2ccccc2)c1=O. The van der Waals surface area contributed by atoms with Crippen molar-refractivity contribution in [2.24, 2.45) is 5.73 Å². The summed E-state index contributed by atoms with van der Waals surface area (Å²) in [5, 5.41) is 12.5. The zero-order chi connectivity index (χ0) is 35.6. The Labute approximate surface area is 294 Å². The number of amides is 1. The first kappa shape index (κ1) is 36.4. The van der Waals surface area contributed by atoms with E-state index in [2.05, 4.69) is 24.4 Å². The lowest BCUT2D eigenvalue weighted by Crippen LogP contribution is -2.40. The molecular weight excluding hydrogens is 630 g/mol. The van der Waals surface area contributed by atoms with Crippen molar-refractivity contribution in [3.63, 3.8) is 0 Å². The minimum absolute atomic E-state index is 0.172. The number of ether oxygens (including phenoxy) is 2. The highest BCUT2D eigenvalue weighted by atomic mass is 16.5. The maximum Gasteiger partial charge on any atom is 0.305 e. The summed E-state index contributed by atoms with van der Waals surface area (Å²) in [6, 6.07) is 22.2. The molecular formula is C41H49N3O6. The fourth-order valence-corrected chi connectivity index (χ4v) is 6.58. The predicted molar refractivity (Wildman–Crippen MR) is 195 cm³/mol. The van der Waals surface area contributed by atoms with Crippen LogP contribution in [0.2, 0.25) is 0 Å². The summed E-state index contributed by atoms with van der Waals surface area (Å²) in [6.45, 7) is 7.47. The van der Waals surface area contributed by atoms with Crippen LogP contribution in [0.15, 0.2) is 83.8 Å². The smallest absolute Gasteiger partial charge is 0.305 e. The third-order valence-corrected chi connectivity index (χ3v) is 9.35. The molecule has 0 aliphatic carbocycles. The Kier molecular flexibility index (Phi) is 12.5. The second-order valence-corrected chi connectivity index (χ2v) is 13.2. The lowest BCUT2D eigenvalue weighted by atomic mass is 9.99. The molecule has 4 N–H and O–H groups in total. The van der Waals surface area contributed by atoms with Crippen molar-refractivity contribution >= 4 is 11.9 Å². The van der Waals surface area contributed by atoms with Crippen LogP contribution in [-0.2, 0) is 28.9 Å². The van der Waals surface area contributed by atoms with Crippen LogP contribution < -0.4 is 26.1 Å². The molecule has 0 bridgehead atoms. The molecule has 6 rings (SSSR count). The number of nitrogens with zero attached hydrogens (tertiary/aromatic N) is 1. The van der Waals surface area contributed by atoms with Gasteiger partial charge in [-0.25, -0.2) is 0 Å². The van der Waals surface area contributed by atoms with Gasteiger partial charge in [-0.05, 0) is 77.4 Å². The normalized spacial score (nSPS) is 14.6. The van der Waals surface area contributed by atoms with Gasteiger partial charge in [0.15, 0.2) is 0 Å². The highest BCUT2D eigenvalue weighted by Gasteiger charge is 2.27. The van der Waals surface area contributed by atoms with Crippen LogP contribution in [0.1, 0.15) is 103 Å². The van der Waals surface area contributed by atoms with Gasteiger partial charge in [0.1, 0.15) is 17.5 Å². The zero-order valence-electron chi connectivity index (χ0n) is 29.3. The molecule has 9 nitrogen and oxygen atoms in total. The van der Waals surface area contributed by atoms with Crippen molar-refractivity contribution in [2.45, 2.75) is 90.3 Å². The summed E-state index contributed by atoms with van der Waals surface area (Å²) >= 11 is 0. The molecule has 4 aromatic rings. The Morgan fingerprint density at radius 1 is 0.920 bits per heavy atom. The van der Waals surface area contributed by atoms with Crippen molar-refractivity contribution < 1.29 is 24.2 Å². The van der Waals surface area contributed by atoms with E-state index in [9.17, 15) is 19.5 Å². The number of hydrogen-bond acceptors (Lipinski definition) is 6. The van der Waals surface area contributed by atoms with Crippen LogP contribution in [0.25, 0.3) is 0 Å². The Hall–Kier alpha value is -4.89. The van der Waals surface area contributed by atoms with E-state index in [1.807, 2.05) is 68.4 Å². The fraction of sp³-hybridized carbons (Fsp3) is 0.390. The van der Waals surface area contributed by atoms with E-state index in [0.29, 0.717) is 25.0 Å². The first-order valence-electron chi connectivity index (χ1n) is 17.7. The van der Waals surface area contributed by atoms with Gasteiger partial charge in [-0.1, -0.05) is 75.2 Å². The minimum atomic E-state index is -1.01. The predicted octanol–water partition coefficient (Wildman–Crippen LogP) is 6.78. The maximum absolute atomic E-state index is 13.7. The lowest BCUT2D eigenvalue weighted by Gasteiger charge is -2.25. The monoisotopic (exact) mass is 679 g/mol. The average molecular weight is 680 g/mol. The number of carbonyl (C=O) groups excluding carboxylic acids is 1. The molecule has 0 saturated heterocycles. The maximum atomic E-state index is 13.7. The number of rotatable bonds is 13. The van der Waals surface area contributed by atoms with Gasteiger partial charge in [-0.15, -0.1) is 0 Å². The standard InChI is InChI=1S/C30H34N2O5.C11H15NO/c1-3-4-10-26(32-19-20(2)15-24(30(32)36)16-21-8-6-5-7-9-21)29(35)31-25(18-28(33)34)22-11-12-27-23(17-22)13-14-37-27;1-2-10(12)8-3-4-11-9(7-8)5-6-13-11/h5-9,11-12,15,17,19,25-26H,3-4,10,13-14,16,18H2,1-2H3,(H,31,35)(H,33,34);3-4,7,10H,2,5-6,12H2,1H3. The van der Waals surface area contributed by atoms with E-state index in [0.717, 1.165) is 72.5 Å². The number of carbonyl (C=O) groups is 2. The topological polar surface area (TPSA) is 133 Å². The first-order chi connectivity index (χ1) is 24.2. The highest BCUT2D eigenvalue weighted by Crippen LogP contribution is 2.30. The van der Waals surface area contributed by atoms with Gasteiger partial charge in [0.25, 0.3) is 5.56 Å². The third-order valence-electron chi connectivity index (χ3n) is 9.35. The molecule has 2 aliphatic heterocycles. The number of fused-ring (bicyclic) bond motifs is 2. The van der Waals surface area contributed by atoms with Crippen LogP contribution in [0.5, 0.6) is 11.5 Å². The molecule has 3 aromatic carbocycles. The number of unbranched alkanes of at least 4 members (excludes halogenated alkanes) is 1. The molecule has 3 heterocycles. The van der Waals surface area contributed by atoms with Gasteiger partial charge in [-0.3, -0.25) is 14.4 Å². The quantitative estimate of drug-likeness (QED) is 0.142. The molecule has 50 heavy (non-hydrogen) atoms. The average Bonchev–Trinajstić information content (AvgIpc) is 3.79. The number of aromatic nitrogens is 1. The molecule has 9 heteroatoms. The Balaban J connectivity index is 0.000000311. The number of nitrogens with one attached hydrogen (secondary N) is 1. The van der Waals surface area contributed by atoms with E-state index < -0.39 is 18.1 Å². The van der Waals surface area contributed by atoms with E-state index in [1.165, 1.54) is 15.7 Å². The van der Waals surface area contributed by atoms with Crippen molar-refractivity contribution in [1.29, 1.82) is 0 Å². The summed E-state index contributed by atoms with van der Waals surface area (Å²) in [5.41, 5.74) is 12.5. The Morgan fingerprint density at radius 2 is 1.56 bits per heavy atom. The highest BCUT2D eigenvalue weighted by molar-refractivity contribution is 5.81. The molecule has 0 fully saturated rings.